The fourth-order valence-electron chi connectivity index (χ4n) is 4.10. The van der Waals surface area contributed by atoms with Crippen molar-refractivity contribution in [1.82, 2.24) is 20.1 Å². The van der Waals surface area contributed by atoms with Crippen LogP contribution in [0.5, 0.6) is 0 Å². The maximum atomic E-state index is 13.2. The summed E-state index contributed by atoms with van der Waals surface area (Å²) in [6.45, 7) is 3.31. The van der Waals surface area contributed by atoms with Crippen molar-refractivity contribution in [2.45, 2.75) is 30.3 Å². The first-order valence-corrected chi connectivity index (χ1v) is 11.9. The van der Waals surface area contributed by atoms with E-state index in [0.717, 1.165) is 35.5 Å². The lowest BCUT2D eigenvalue weighted by Gasteiger charge is -2.30. The van der Waals surface area contributed by atoms with Crippen LogP contribution in [0.3, 0.4) is 0 Å². The van der Waals surface area contributed by atoms with Gasteiger partial charge in [-0.2, -0.15) is 0 Å². The number of aromatic nitrogens is 3. The summed E-state index contributed by atoms with van der Waals surface area (Å²) in [5.41, 5.74) is 6.00. The van der Waals surface area contributed by atoms with Gasteiger partial charge in [-0.3, -0.25) is 4.79 Å². The fourth-order valence-corrected chi connectivity index (χ4v) is 4.90. The molecule has 3 aromatic carbocycles. The number of thioether (sulfide) groups is 1. The van der Waals surface area contributed by atoms with E-state index in [4.69, 9.17) is 4.98 Å². The summed E-state index contributed by atoms with van der Waals surface area (Å²) in [5.74, 6) is 0.103. The van der Waals surface area contributed by atoms with E-state index in [2.05, 4.69) is 28.4 Å². The van der Waals surface area contributed by atoms with E-state index >= 15 is 0 Å². The van der Waals surface area contributed by atoms with Crippen molar-refractivity contribution in [2.24, 2.45) is 0 Å². The molecule has 33 heavy (non-hydrogen) atoms. The quantitative estimate of drug-likeness (QED) is 0.386. The van der Waals surface area contributed by atoms with Crippen molar-refractivity contribution in [2.75, 3.05) is 6.54 Å². The molecule has 4 aromatic rings. The summed E-state index contributed by atoms with van der Waals surface area (Å²) in [6, 6.07) is 28.3. The van der Waals surface area contributed by atoms with Gasteiger partial charge < -0.3 is 4.90 Å². The fraction of sp³-hybridized carbons (Fsp3) is 0.185. The molecule has 0 N–H and O–H groups in total. The highest BCUT2D eigenvalue weighted by molar-refractivity contribution is 8.00. The number of rotatable bonds is 5. The molecule has 0 spiro atoms. The van der Waals surface area contributed by atoms with Crippen molar-refractivity contribution in [3.63, 3.8) is 0 Å². The normalized spacial score (nSPS) is 13.9. The van der Waals surface area contributed by atoms with Crippen molar-refractivity contribution in [1.29, 1.82) is 0 Å². The monoisotopic (exact) mass is 452 g/mol. The summed E-state index contributed by atoms with van der Waals surface area (Å²) >= 11 is 1.36. The van der Waals surface area contributed by atoms with Gasteiger partial charge in [0, 0.05) is 24.2 Å². The van der Waals surface area contributed by atoms with Crippen LogP contribution in [0.1, 0.15) is 18.1 Å². The third-order valence-electron chi connectivity index (χ3n) is 5.83. The van der Waals surface area contributed by atoms with Crippen LogP contribution in [0.25, 0.3) is 22.5 Å². The number of nitrogens with zero attached hydrogens (tertiary/aromatic N) is 4. The maximum Gasteiger partial charge on any atom is 0.236 e. The first-order chi connectivity index (χ1) is 16.2. The molecule has 5 rings (SSSR count). The molecule has 1 aliphatic heterocycles. The molecular weight excluding hydrogens is 428 g/mol. The minimum atomic E-state index is -0.303. The Morgan fingerprint density at radius 2 is 1.42 bits per heavy atom. The highest BCUT2D eigenvalue weighted by Crippen LogP contribution is 2.31. The molecule has 1 atom stereocenters. The molecular formula is C27H24N4OS. The molecule has 5 nitrogen and oxygen atoms in total. The molecule has 0 bridgehead atoms. The first-order valence-electron chi connectivity index (χ1n) is 11.1. The van der Waals surface area contributed by atoms with Crippen LogP contribution < -0.4 is 0 Å². The molecule has 2 heterocycles. The third kappa shape index (κ3) is 4.66. The predicted octanol–water partition coefficient (Wildman–Crippen LogP) is 5.27. The largest absolute Gasteiger partial charge is 0.337 e. The number of carbonyl (C=O) groups is 1. The molecule has 0 aliphatic carbocycles. The van der Waals surface area contributed by atoms with E-state index in [9.17, 15) is 4.79 Å². The maximum absolute atomic E-state index is 13.2. The van der Waals surface area contributed by atoms with Gasteiger partial charge in [-0.15, -0.1) is 10.2 Å². The number of amides is 1. The predicted molar refractivity (Wildman–Crippen MR) is 132 cm³/mol. The Labute approximate surface area is 197 Å². The van der Waals surface area contributed by atoms with E-state index in [1.54, 1.807) is 0 Å². The number of hydrogen-bond donors (Lipinski definition) is 0. The molecule has 1 amide bonds. The van der Waals surface area contributed by atoms with Gasteiger partial charge in [-0.1, -0.05) is 96.7 Å². The second-order valence-electron chi connectivity index (χ2n) is 8.06. The lowest BCUT2D eigenvalue weighted by atomic mass is 10.00. The van der Waals surface area contributed by atoms with Crippen LogP contribution in [0.2, 0.25) is 0 Å². The second-order valence-corrected chi connectivity index (χ2v) is 9.37. The summed E-state index contributed by atoms with van der Waals surface area (Å²) in [6.07, 6.45) is 0.890. The van der Waals surface area contributed by atoms with Crippen molar-refractivity contribution in [3.05, 3.63) is 96.1 Å². The van der Waals surface area contributed by atoms with Crippen molar-refractivity contribution < 1.29 is 4.79 Å². The van der Waals surface area contributed by atoms with Crippen molar-refractivity contribution >= 4 is 17.7 Å². The van der Waals surface area contributed by atoms with E-state index in [1.165, 1.54) is 22.9 Å². The van der Waals surface area contributed by atoms with Gasteiger partial charge in [0.1, 0.15) is 11.4 Å². The van der Waals surface area contributed by atoms with Gasteiger partial charge in [0.25, 0.3) is 0 Å². The summed E-state index contributed by atoms with van der Waals surface area (Å²) in [5, 5.41) is 9.10. The van der Waals surface area contributed by atoms with Crippen LogP contribution in [0.4, 0.5) is 0 Å². The number of fused-ring (bicyclic) bond motifs is 1. The zero-order chi connectivity index (χ0) is 22.6. The molecule has 1 aliphatic rings. The summed E-state index contributed by atoms with van der Waals surface area (Å²) < 4.78 is 0. The highest BCUT2D eigenvalue weighted by atomic mass is 32.2. The van der Waals surface area contributed by atoms with Gasteiger partial charge in [0.2, 0.25) is 11.1 Å². The smallest absolute Gasteiger partial charge is 0.236 e. The number of benzene rings is 3. The second kappa shape index (κ2) is 9.55. The lowest BCUT2D eigenvalue weighted by Crippen LogP contribution is -2.40. The van der Waals surface area contributed by atoms with E-state index in [1.807, 2.05) is 78.6 Å². The first kappa shape index (κ1) is 21.3. The van der Waals surface area contributed by atoms with Gasteiger partial charge in [-0.05, 0) is 24.5 Å². The molecule has 0 fully saturated rings. The minimum absolute atomic E-state index is 0.103. The van der Waals surface area contributed by atoms with Gasteiger partial charge in [-0.25, -0.2) is 4.98 Å². The van der Waals surface area contributed by atoms with Crippen LogP contribution in [0.15, 0.2) is 90.1 Å². The Bertz CT molecular complexity index is 1260. The molecule has 6 heteroatoms. The van der Waals surface area contributed by atoms with E-state index in [-0.39, 0.29) is 11.2 Å². The average Bonchev–Trinajstić information content (AvgIpc) is 2.89. The molecule has 0 saturated carbocycles. The molecule has 164 valence electrons. The molecule has 0 unspecified atom stereocenters. The zero-order valence-corrected chi connectivity index (χ0v) is 19.2. The Kier molecular flexibility index (Phi) is 6.17. The summed E-state index contributed by atoms with van der Waals surface area (Å²) in [7, 11) is 0. The van der Waals surface area contributed by atoms with Crippen LogP contribution in [-0.4, -0.2) is 37.8 Å². The Morgan fingerprint density at radius 3 is 2.12 bits per heavy atom. The van der Waals surface area contributed by atoms with E-state index < -0.39 is 0 Å². The van der Waals surface area contributed by atoms with Crippen LogP contribution in [-0.2, 0) is 17.8 Å². The topological polar surface area (TPSA) is 59.0 Å². The molecule has 0 radical (unpaired) electrons. The van der Waals surface area contributed by atoms with Gasteiger partial charge in [0.05, 0.1) is 5.25 Å². The SMILES string of the molecule is C[C@@H](Sc1nnc(-c2ccccc2)c(-c2ccccc2)n1)C(=O)N1CCc2ccccc2C1. The van der Waals surface area contributed by atoms with Crippen LogP contribution in [0, 0.1) is 0 Å². The zero-order valence-electron chi connectivity index (χ0n) is 18.4. The van der Waals surface area contributed by atoms with Crippen LogP contribution >= 0.6 is 11.8 Å². The van der Waals surface area contributed by atoms with Gasteiger partial charge >= 0.3 is 0 Å². The standard InChI is InChI=1S/C27H24N4OS/c1-19(26(32)31-17-16-20-10-8-9-15-23(20)18-31)33-27-28-24(21-11-4-2-5-12-21)25(29-30-27)22-13-6-3-7-14-22/h2-15,19H,16-18H2,1H3/t19-/m1/s1. The van der Waals surface area contributed by atoms with Crippen molar-refractivity contribution in [3.8, 4) is 22.5 Å². The van der Waals surface area contributed by atoms with Gasteiger partial charge in [0.15, 0.2) is 0 Å². The number of carbonyl (C=O) groups excluding carboxylic acids is 1. The highest BCUT2D eigenvalue weighted by Gasteiger charge is 2.26. The average molecular weight is 453 g/mol. The Balaban J connectivity index is 1.39. The third-order valence-corrected chi connectivity index (χ3v) is 6.77. The van der Waals surface area contributed by atoms with E-state index in [0.29, 0.717) is 11.7 Å². The Hall–Kier alpha value is -3.51. The number of hydrogen-bond acceptors (Lipinski definition) is 5. The lowest BCUT2D eigenvalue weighted by molar-refractivity contribution is -0.131. The molecule has 0 saturated heterocycles. The summed E-state index contributed by atoms with van der Waals surface area (Å²) in [4.78, 5) is 20.0. The molecule has 1 aromatic heterocycles. The minimum Gasteiger partial charge on any atom is -0.337 e. The Morgan fingerprint density at radius 1 is 0.818 bits per heavy atom.